The number of fused-ring (bicyclic) bond motifs is 1. The number of nitrogens with one attached hydrogen (secondary N) is 2. The predicted octanol–water partition coefficient (Wildman–Crippen LogP) is 3.97. The fourth-order valence-corrected chi connectivity index (χ4v) is 3.18. The number of carbonyl (C=O) groups excluding carboxylic acids is 2. The number of hydrogen-bond donors (Lipinski definition) is 2. The maximum atomic E-state index is 12.8. The lowest BCUT2D eigenvalue weighted by Gasteiger charge is -2.23. The van der Waals surface area contributed by atoms with Crippen LogP contribution in [0.3, 0.4) is 0 Å². The first-order chi connectivity index (χ1) is 15.0. The fourth-order valence-electron chi connectivity index (χ4n) is 3.06. The summed E-state index contributed by atoms with van der Waals surface area (Å²) in [6, 6.07) is 14.1. The molecular formula is C24H25ClN2O4. The molecular weight excluding hydrogens is 416 g/mol. The summed E-state index contributed by atoms with van der Waals surface area (Å²) in [5.74, 6) is -0.00590. The molecule has 7 heteroatoms. The number of para-hydroxylation sites is 1. The number of ether oxygens (including phenoxy) is 2. The first kappa shape index (κ1) is 22.6. The van der Waals surface area contributed by atoms with E-state index in [0.29, 0.717) is 30.2 Å². The van der Waals surface area contributed by atoms with Gasteiger partial charge in [0, 0.05) is 36.4 Å². The Hall–Kier alpha value is -3.09. The molecule has 0 radical (unpaired) electrons. The third-order valence-corrected chi connectivity index (χ3v) is 4.99. The van der Waals surface area contributed by atoms with Crippen molar-refractivity contribution in [2.75, 3.05) is 20.3 Å². The molecule has 2 amide bonds. The van der Waals surface area contributed by atoms with Gasteiger partial charge in [-0.25, -0.2) is 0 Å². The summed E-state index contributed by atoms with van der Waals surface area (Å²) in [5, 5.41) is 6.07. The van der Waals surface area contributed by atoms with E-state index >= 15 is 0 Å². The first-order valence-electron chi connectivity index (χ1n) is 10.0. The molecule has 1 aliphatic rings. The smallest absolute Gasteiger partial charge is 0.267 e. The SMILES string of the molecule is COCCCNC(=O)/C(=C/C1=Cc2ccccc2OC1C)NC(=O)c1ccc(Cl)cc1. The van der Waals surface area contributed by atoms with Gasteiger partial charge in [-0.3, -0.25) is 9.59 Å². The fraction of sp³-hybridized carbons (Fsp3) is 0.250. The van der Waals surface area contributed by atoms with E-state index < -0.39 is 5.91 Å². The molecule has 3 rings (SSSR count). The van der Waals surface area contributed by atoms with Gasteiger partial charge >= 0.3 is 0 Å². The Morgan fingerprint density at radius 2 is 1.90 bits per heavy atom. The van der Waals surface area contributed by atoms with Crippen molar-refractivity contribution in [2.45, 2.75) is 19.4 Å². The van der Waals surface area contributed by atoms with Gasteiger partial charge in [-0.05, 0) is 61.4 Å². The minimum absolute atomic E-state index is 0.137. The van der Waals surface area contributed by atoms with Crippen molar-refractivity contribution in [3.63, 3.8) is 0 Å². The van der Waals surface area contributed by atoms with Crippen molar-refractivity contribution >= 4 is 29.5 Å². The third-order valence-electron chi connectivity index (χ3n) is 4.74. The number of carbonyl (C=O) groups is 2. The lowest BCUT2D eigenvalue weighted by Crippen LogP contribution is -2.36. The Kier molecular flexibility index (Phi) is 7.87. The summed E-state index contributed by atoms with van der Waals surface area (Å²) in [5.41, 5.74) is 2.22. The number of methoxy groups -OCH3 is 1. The molecule has 2 aromatic rings. The molecule has 0 spiro atoms. The largest absolute Gasteiger partial charge is 0.485 e. The molecule has 0 aliphatic carbocycles. The molecule has 0 bridgehead atoms. The Morgan fingerprint density at radius 1 is 1.16 bits per heavy atom. The highest BCUT2D eigenvalue weighted by Crippen LogP contribution is 2.30. The topological polar surface area (TPSA) is 76.7 Å². The van der Waals surface area contributed by atoms with E-state index in [1.165, 1.54) is 0 Å². The highest BCUT2D eigenvalue weighted by atomic mass is 35.5. The number of benzene rings is 2. The predicted molar refractivity (Wildman–Crippen MR) is 121 cm³/mol. The summed E-state index contributed by atoms with van der Waals surface area (Å²) in [6.07, 6.45) is 3.99. The molecule has 2 N–H and O–H groups in total. The summed E-state index contributed by atoms with van der Waals surface area (Å²) in [6.45, 7) is 2.85. The maximum absolute atomic E-state index is 12.8. The van der Waals surface area contributed by atoms with Gasteiger partial charge in [-0.15, -0.1) is 0 Å². The molecule has 2 aromatic carbocycles. The number of rotatable bonds is 8. The Labute approximate surface area is 186 Å². The van der Waals surface area contributed by atoms with E-state index in [4.69, 9.17) is 21.1 Å². The van der Waals surface area contributed by atoms with Crippen LogP contribution in [0.4, 0.5) is 0 Å². The van der Waals surface area contributed by atoms with Crippen LogP contribution in [0.1, 0.15) is 29.3 Å². The van der Waals surface area contributed by atoms with Gasteiger partial charge in [0.1, 0.15) is 17.6 Å². The summed E-state index contributed by atoms with van der Waals surface area (Å²) in [4.78, 5) is 25.6. The van der Waals surface area contributed by atoms with Crippen LogP contribution < -0.4 is 15.4 Å². The van der Waals surface area contributed by atoms with Crippen molar-refractivity contribution < 1.29 is 19.1 Å². The highest BCUT2D eigenvalue weighted by molar-refractivity contribution is 6.30. The zero-order valence-corrected chi connectivity index (χ0v) is 18.2. The summed E-state index contributed by atoms with van der Waals surface area (Å²) in [7, 11) is 1.61. The Balaban J connectivity index is 1.86. The summed E-state index contributed by atoms with van der Waals surface area (Å²) < 4.78 is 11.0. The van der Waals surface area contributed by atoms with Crippen molar-refractivity contribution in [3.05, 3.63) is 82.0 Å². The second kappa shape index (κ2) is 10.8. The van der Waals surface area contributed by atoms with Crippen molar-refractivity contribution in [2.24, 2.45) is 0 Å². The third kappa shape index (κ3) is 6.20. The molecule has 162 valence electrons. The van der Waals surface area contributed by atoms with Crippen LogP contribution in [-0.2, 0) is 9.53 Å². The molecule has 0 aromatic heterocycles. The number of amides is 2. The molecule has 1 heterocycles. The highest BCUT2D eigenvalue weighted by Gasteiger charge is 2.21. The molecule has 0 saturated carbocycles. The van der Waals surface area contributed by atoms with Crippen LogP contribution in [0.25, 0.3) is 6.08 Å². The Morgan fingerprint density at radius 3 is 2.65 bits per heavy atom. The van der Waals surface area contributed by atoms with E-state index in [-0.39, 0.29) is 17.7 Å². The first-order valence-corrected chi connectivity index (χ1v) is 10.4. The van der Waals surface area contributed by atoms with Crippen LogP contribution in [0.15, 0.2) is 65.9 Å². The second-order valence-corrected chi connectivity index (χ2v) is 7.50. The molecule has 1 aliphatic heterocycles. The minimum atomic E-state index is -0.402. The van der Waals surface area contributed by atoms with E-state index in [0.717, 1.165) is 16.9 Å². The molecule has 31 heavy (non-hydrogen) atoms. The molecule has 1 atom stereocenters. The van der Waals surface area contributed by atoms with Crippen LogP contribution >= 0.6 is 11.6 Å². The monoisotopic (exact) mass is 440 g/mol. The van der Waals surface area contributed by atoms with Gasteiger partial charge in [0.15, 0.2) is 0 Å². The van der Waals surface area contributed by atoms with Gasteiger partial charge < -0.3 is 20.1 Å². The lowest BCUT2D eigenvalue weighted by molar-refractivity contribution is -0.117. The Bertz CT molecular complexity index is 999. The van der Waals surface area contributed by atoms with Gasteiger partial charge in [0.25, 0.3) is 11.8 Å². The van der Waals surface area contributed by atoms with Crippen molar-refractivity contribution in [1.29, 1.82) is 0 Å². The standard InChI is InChI=1S/C24H25ClN2O4/c1-16-19(14-18-6-3-4-7-22(18)31-16)15-21(24(29)26-12-5-13-30-2)27-23(28)17-8-10-20(25)11-9-17/h3-4,6-11,14-16H,5,12-13H2,1-2H3,(H,26,29)(H,27,28)/b21-15-. The van der Waals surface area contributed by atoms with Gasteiger partial charge in [-0.2, -0.15) is 0 Å². The molecule has 6 nitrogen and oxygen atoms in total. The summed E-state index contributed by atoms with van der Waals surface area (Å²) >= 11 is 5.90. The van der Waals surface area contributed by atoms with Crippen LogP contribution in [-0.4, -0.2) is 38.2 Å². The number of hydrogen-bond acceptors (Lipinski definition) is 4. The number of halogens is 1. The van der Waals surface area contributed by atoms with Gasteiger partial charge in [0.05, 0.1) is 0 Å². The van der Waals surface area contributed by atoms with Gasteiger partial charge in [0.2, 0.25) is 0 Å². The van der Waals surface area contributed by atoms with Crippen LogP contribution in [0.5, 0.6) is 5.75 Å². The molecule has 0 saturated heterocycles. The average Bonchev–Trinajstić information content (AvgIpc) is 2.77. The van der Waals surface area contributed by atoms with Crippen LogP contribution in [0.2, 0.25) is 5.02 Å². The second-order valence-electron chi connectivity index (χ2n) is 7.06. The lowest BCUT2D eigenvalue weighted by atomic mass is 10.0. The van der Waals surface area contributed by atoms with E-state index in [1.54, 1.807) is 37.5 Å². The van der Waals surface area contributed by atoms with E-state index in [9.17, 15) is 9.59 Å². The van der Waals surface area contributed by atoms with Crippen molar-refractivity contribution in [3.8, 4) is 5.75 Å². The minimum Gasteiger partial charge on any atom is -0.485 e. The van der Waals surface area contributed by atoms with E-state index in [2.05, 4.69) is 10.6 Å². The normalized spacial score (nSPS) is 15.4. The molecule has 1 unspecified atom stereocenters. The average molecular weight is 441 g/mol. The maximum Gasteiger partial charge on any atom is 0.267 e. The van der Waals surface area contributed by atoms with Gasteiger partial charge in [-0.1, -0.05) is 29.8 Å². The zero-order chi connectivity index (χ0) is 22.2. The van der Waals surface area contributed by atoms with Crippen molar-refractivity contribution in [1.82, 2.24) is 10.6 Å². The zero-order valence-electron chi connectivity index (χ0n) is 17.5. The van der Waals surface area contributed by atoms with E-state index in [1.807, 2.05) is 37.3 Å². The van der Waals surface area contributed by atoms with Crippen LogP contribution in [0, 0.1) is 0 Å². The molecule has 0 fully saturated rings. The quantitative estimate of drug-likeness (QED) is 0.481.